The van der Waals surface area contributed by atoms with Crippen LogP contribution in [0.3, 0.4) is 0 Å². The van der Waals surface area contributed by atoms with E-state index in [9.17, 15) is 4.79 Å². The highest BCUT2D eigenvalue weighted by Crippen LogP contribution is 2.19. The third kappa shape index (κ3) is 2.84. The summed E-state index contributed by atoms with van der Waals surface area (Å²) in [6, 6.07) is 9.73. The smallest absolute Gasteiger partial charge is 0.326 e. The lowest BCUT2D eigenvalue weighted by molar-refractivity contribution is 0.507. The van der Waals surface area contributed by atoms with Crippen molar-refractivity contribution in [2.75, 3.05) is 0 Å². The summed E-state index contributed by atoms with van der Waals surface area (Å²) < 4.78 is 3.96. The minimum absolute atomic E-state index is 0.109. The molecule has 128 valence electrons. The fourth-order valence-electron chi connectivity index (χ4n) is 3.19. The predicted molar refractivity (Wildman–Crippen MR) is 98.6 cm³/mol. The van der Waals surface area contributed by atoms with Crippen LogP contribution in [0.1, 0.15) is 26.1 Å². The van der Waals surface area contributed by atoms with Gasteiger partial charge < -0.3 is 9.55 Å². The molecule has 6 nitrogen and oxygen atoms in total. The van der Waals surface area contributed by atoms with Gasteiger partial charge in [0.15, 0.2) is 0 Å². The normalized spacial score (nSPS) is 11.8. The first-order chi connectivity index (χ1) is 12.1. The molecule has 0 spiro atoms. The Bertz CT molecular complexity index is 1090. The van der Waals surface area contributed by atoms with Gasteiger partial charge in [0.05, 0.1) is 29.3 Å². The first kappa shape index (κ1) is 15.6. The minimum Gasteiger partial charge on any atom is -0.326 e. The van der Waals surface area contributed by atoms with E-state index in [1.54, 1.807) is 17.0 Å². The molecule has 1 N–H and O–H groups in total. The Labute approximate surface area is 145 Å². The summed E-state index contributed by atoms with van der Waals surface area (Å²) in [6.45, 7) is 5.75. The number of hydrogen-bond acceptors (Lipinski definition) is 3. The predicted octanol–water partition coefficient (Wildman–Crippen LogP) is 3.17. The van der Waals surface area contributed by atoms with E-state index in [1.165, 1.54) is 0 Å². The maximum Gasteiger partial charge on any atom is 0.326 e. The number of imidazole rings is 2. The van der Waals surface area contributed by atoms with Gasteiger partial charge in [-0.2, -0.15) is 0 Å². The molecule has 4 aromatic rings. The molecule has 0 fully saturated rings. The van der Waals surface area contributed by atoms with E-state index < -0.39 is 0 Å². The van der Waals surface area contributed by atoms with Crippen LogP contribution in [-0.4, -0.2) is 24.1 Å². The minimum atomic E-state index is -0.109. The molecule has 3 aromatic heterocycles. The molecule has 6 heteroatoms. The van der Waals surface area contributed by atoms with Crippen LogP contribution in [0.4, 0.5) is 0 Å². The van der Waals surface area contributed by atoms with Crippen molar-refractivity contribution in [1.82, 2.24) is 24.1 Å². The number of fused-ring (bicyclic) bond motifs is 2. The van der Waals surface area contributed by atoms with E-state index in [4.69, 9.17) is 4.98 Å². The molecule has 0 radical (unpaired) electrons. The first-order valence-electron chi connectivity index (χ1n) is 8.60. The zero-order chi connectivity index (χ0) is 17.4. The summed E-state index contributed by atoms with van der Waals surface area (Å²) in [7, 11) is 0. The van der Waals surface area contributed by atoms with Crippen molar-refractivity contribution in [2.45, 2.75) is 33.4 Å². The van der Waals surface area contributed by atoms with Crippen LogP contribution in [0.25, 0.3) is 22.1 Å². The van der Waals surface area contributed by atoms with Gasteiger partial charge in [0.2, 0.25) is 0 Å². The van der Waals surface area contributed by atoms with Crippen molar-refractivity contribution in [1.29, 1.82) is 0 Å². The van der Waals surface area contributed by atoms with Gasteiger partial charge in [0.1, 0.15) is 11.3 Å². The Morgan fingerprint density at radius 2 is 1.96 bits per heavy atom. The lowest BCUT2D eigenvalue weighted by atomic mass is 10.1. The molecular formula is C19H21N5O. The number of para-hydroxylation sites is 2. The monoisotopic (exact) mass is 335 g/mol. The average Bonchev–Trinajstić information content (AvgIpc) is 3.11. The molecule has 0 amide bonds. The maximum absolute atomic E-state index is 12.4. The van der Waals surface area contributed by atoms with Gasteiger partial charge in [0, 0.05) is 12.7 Å². The van der Waals surface area contributed by atoms with Gasteiger partial charge in [-0.1, -0.05) is 26.0 Å². The number of nitrogens with zero attached hydrogens (tertiary/aromatic N) is 4. The maximum atomic E-state index is 12.4. The topological polar surface area (TPSA) is 68.5 Å². The number of rotatable bonds is 5. The van der Waals surface area contributed by atoms with Crippen LogP contribution in [0.5, 0.6) is 0 Å². The Hall–Kier alpha value is -2.89. The number of aryl methyl sites for hydroxylation is 1. The number of aromatic nitrogens is 5. The summed E-state index contributed by atoms with van der Waals surface area (Å²) >= 11 is 0. The zero-order valence-corrected chi connectivity index (χ0v) is 14.4. The molecule has 0 aliphatic rings. The average molecular weight is 335 g/mol. The van der Waals surface area contributed by atoms with E-state index in [2.05, 4.69) is 28.4 Å². The summed E-state index contributed by atoms with van der Waals surface area (Å²) in [5.41, 5.74) is 3.57. The molecule has 0 unspecified atom stereocenters. The summed E-state index contributed by atoms with van der Waals surface area (Å²) in [4.78, 5) is 24.2. The van der Waals surface area contributed by atoms with E-state index in [-0.39, 0.29) is 5.69 Å². The van der Waals surface area contributed by atoms with E-state index in [0.29, 0.717) is 12.5 Å². The number of benzene rings is 1. The standard InChI is InChI=1S/C19H21N5O/c1-13(2)8-10-23-17-7-9-20-11-15(17)21-18(23)12-24-16-6-4-3-5-14(16)22-19(24)25/h3-7,9,11,13H,8,10,12H2,1-2H3,(H,22,25). The molecule has 3 heterocycles. The number of pyridine rings is 1. The zero-order valence-electron chi connectivity index (χ0n) is 14.4. The molecular weight excluding hydrogens is 314 g/mol. The van der Waals surface area contributed by atoms with Crippen LogP contribution in [-0.2, 0) is 13.1 Å². The third-order valence-electron chi connectivity index (χ3n) is 4.54. The highest BCUT2D eigenvalue weighted by atomic mass is 16.1. The van der Waals surface area contributed by atoms with E-state index in [0.717, 1.165) is 40.9 Å². The molecule has 0 aliphatic heterocycles. The molecule has 0 saturated carbocycles. The summed E-state index contributed by atoms with van der Waals surface area (Å²) in [5, 5.41) is 0. The Balaban J connectivity index is 1.81. The van der Waals surface area contributed by atoms with Gasteiger partial charge in [-0.15, -0.1) is 0 Å². The van der Waals surface area contributed by atoms with Crippen molar-refractivity contribution in [3.05, 3.63) is 59.0 Å². The van der Waals surface area contributed by atoms with Crippen LogP contribution >= 0.6 is 0 Å². The van der Waals surface area contributed by atoms with Crippen molar-refractivity contribution < 1.29 is 0 Å². The quantitative estimate of drug-likeness (QED) is 0.609. The lowest BCUT2D eigenvalue weighted by Gasteiger charge is -2.11. The Kier molecular flexibility index (Phi) is 3.87. The molecule has 0 atom stereocenters. The second-order valence-corrected chi connectivity index (χ2v) is 6.76. The van der Waals surface area contributed by atoms with Gasteiger partial charge >= 0.3 is 5.69 Å². The number of hydrogen-bond donors (Lipinski definition) is 1. The lowest BCUT2D eigenvalue weighted by Crippen LogP contribution is -2.20. The van der Waals surface area contributed by atoms with Crippen LogP contribution in [0.15, 0.2) is 47.5 Å². The molecule has 1 aromatic carbocycles. The fraction of sp³-hybridized carbons (Fsp3) is 0.316. The fourth-order valence-corrected chi connectivity index (χ4v) is 3.19. The SMILES string of the molecule is CC(C)CCn1c(Cn2c(=O)[nH]c3ccccc32)nc2cnccc21. The highest BCUT2D eigenvalue weighted by molar-refractivity contribution is 5.76. The molecule has 0 bridgehead atoms. The number of nitrogens with one attached hydrogen (secondary N) is 1. The first-order valence-corrected chi connectivity index (χ1v) is 8.60. The second kappa shape index (κ2) is 6.20. The largest absolute Gasteiger partial charge is 0.326 e. The third-order valence-corrected chi connectivity index (χ3v) is 4.54. The summed E-state index contributed by atoms with van der Waals surface area (Å²) in [5.74, 6) is 1.48. The number of aromatic amines is 1. The van der Waals surface area contributed by atoms with E-state index >= 15 is 0 Å². The van der Waals surface area contributed by atoms with Crippen molar-refractivity contribution in [3.8, 4) is 0 Å². The van der Waals surface area contributed by atoms with Crippen LogP contribution in [0.2, 0.25) is 0 Å². The Morgan fingerprint density at radius 1 is 1.12 bits per heavy atom. The Morgan fingerprint density at radius 3 is 2.80 bits per heavy atom. The van der Waals surface area contributed by atoms with Gasteiger partial charge in [-0.25, -0.2) is 9.78 Å². The van der Waals surface area contributed by atoms with Gasteiger partial charge in [-0.3, -0.25) is 9.55 Å². The van der Waals surface area contributed by atoms with Crippen LogP contribution in [0, 0.1) is 5.92 Å². The van der Waals surface area contributed by atoms with Crippen molar-refractivity contribution in [3.63, 3.8) is 0 Å². The number of H-pyrrole nitrogens is 1. The summed E-state index contributed by atoms with van der Waals surface area (Å²) in [6.07, 6.45) is 4.63. The second-order valence-electron chi connectivity index (χ2n) is 6.76. The van der Waals surface area contributed by atoms with Crippen molar-refractivity contribution >= 4 is 22.1 Å². The molecule has 4 rings (SSSR count). The molecule has 25 heavy (non-hydrogen) atoms. The van der Waals surface area contributed by atoms with Crippen molar-refractivity contribution in [2.24, 2.45) is 5.92 Å². The molecule has 0 saturated heterocycles. The van der Waals surface area contributed by atoms with E-state index in [1.807, 2.05) is 30.3 Å². The van der Waals surface area contributed by atoms with Crippen LogP contribution < -0.4 is 5.69 Å². The van der Waals surface area contributed by atoms with Gasteiger partial charge in [-0.05, 0) is 30.5 Å². The molecule has 0 aliphatic carbocycles. The van der Waals surface area contributed by atoms with Gasteiger partial charge in [0.25, 0.3) is 0 Å². The highest BCUT2D eigenvalue weighted by Gasteiger charge is 2.14.